The van der Waals surface area contributed by atoms with Gasteiger partial charge in [0.1, 0.15) is 5.75 Å². The number of methoxy groups -OCH3 is 1. The zero-order chi connectivity index (χ0) is 18.0. The van der Waals surface area contributed by atoms with Gasteiger partial charge in [0.15, 0.2) is 5.69 Å². The molecule has 0 radical (unpaired) electrons. The predicted octanol–water partition coefficient (Wildman–Crippen LogP) is 3.45. The van der Waals surface area contributed by atoms with Crippen molar-refractivity contribution in [3.8, 4) is 11.4 Å². The average Bonchev–Trinajstić information content (AvgIpc) is 3.00. The molecule has 1 amide bonds. The lowest BCUT2D eigenvalue weighted by atomic mass is 10.1. The van der Waals surface area contributed by atoms with Crippen molar-refractivity contribution in [2.75, 3.05) is 12.4 Å². The summed E-state index contributed by atoms with van der Waals surface area (Å²) >= 11 is 0. The molecule has 0 unspecified atom stereocenters. The Hall–Kier alpha value is -3.15. The van der Waals surface area contributed by atoms with Crippen LogP contribution in [-0.4, -0.2) is 28.0 Å². The Bertz CT molecular complexity index is 914. The zero-order valence-corrected chi connectivity index (χ0v) is 14.7. The predicted molar refractivity (Wildman–Crippen MR) is 96.5 cm³/mol. The Kier molecular flexibility index (Phi) is 4.52. The van der Waals surface area contributed by atoms with Crippen LogP contribution in [0.25, 0.3) is 5.69 Å². The lowest BCUT2D eigenvalue weighted by Crippen LogP contribution is -2.15. The third-order valence-electron chi connectivity index (χ3n) is 4.07. The minimum absolute atomic E-state index is 0.272. The van der Waals surface area contributed by atoms with Gasteiger partial charge in [-0.25, -0.2) is 4.68 Å². The number of carbonyl (C=O) groups excluding carboxylic acids is 1. The first-order chi connectivity index (χ1) is 12.0. The van der Waals surface area contributed by atoms with Crippen molar-refractivity contribution in [1.82, 2.24) is 15.0 Å². The summed E-state index contributed by atoms with van der Waals surface area (Å²) in [5.41, 5.74) is 4.66. The second-order valence-corrected chi connectivity index (χ2v) is 5.91. The quantitative estimate of drug-likeness (QED) is 0.792. The van der Waals surface area contributed by atoms with Crippen LogP contribution in [0.5, 0.6) is 5.75 Å². The highest BCUT2D eigenvalue weighted by atomic mass is 16.5. The van der Waals surface area contributed by atoms with Crippen LogP contribution in [0.2, 0.25) is 0 Å². The van der Waals surface area contributed by atoms with E-state index in [0.29, 0.717) is 11.4 Å². The topological polar surface area (TPSA) is 69.0 Å². The van der Waals surface area contributed by atoms with Crippen LogP contribution >= 0.6 is 0 Å². The van der Waals surface area contributed by atoms with Crippen LogP contribution in [0, 0.1) is 20.8 Å². The number of hydrogen-bond acceptors (Lipinski definition) is 4. The molecule has 1 N–H and O–H groups in total. The lowest BCUT2D eigenvalue weighted by molar-refractivity contribution is 0.102. The van der Waals surface area contributed by atoms with E-state index in [1.54, 1.807) is 11.8 Å². The van der Waals surface area contributed by atoms with Crippen LogP contribution in [0.1, 0.15) is 27.3 Å². The van der Waals surface area contributed by atoms with Crippen LogP contribution in [0.3, 0.4) is 0 Å². The summed E-state index contributed by atoms with van der Waals surface area (Å²) < 4.78 is 6.79. The molecule has 2 aromatic carbocycles. The molecule has 1 heterocycles. The lowest BCUT2D eigenvalue weighted by Gasteiger charge is -2.09. The standard InChI is InChI=1S/C19H20N4O2/c1-12-5-6-13(2)17(11-12)20-19(24)18-14(3)23(22-21-18)15-7-9-16(25-4)10-8-15/h5-11H,1-4H3,(H,20,24). The number of anilines is 1. The van der Waals surface area contributed by atoms with E-state index in [1.165, 1.54) is 0 Å². The molecule has 0 aliphatic rings. The first-order valence-corrected chi connectivity index (χ1v) is 7.95. The van der Waals surface area contributed by atoms with E-state index in [4.69, 9.17) is 4.74 Å². The molecule has 0 spiro atoms. The van der Waals surface area contributed by atoms with Crippen molar-refractivity contribution in [2.45, 2.75) is 20.8 Å². The normalized spacial score (nSPS) is 10.6. The largest absolute Gasteiger partial charge is 0.497 e. The SMILES string of the molecule is COc1ccc(-n2nnc(C(=O)Nc3cc(C)ccc3C)c2C)cc1. The maximum Gasteiger partial charge on any atom is 0.278 e. The Labute approximate surface area is 146 Å². The van der Waals surface area contributed by atoms with E-state index in [1.807, 2.05) is 63.2 Å². The minimum atomic E-state index is -0.272. The molecule has 0 aliphatic heterocycles. The number of nitrogens with zero attached hydrogens (tertiary/aromatic N) is 3. The Morgan fingerprint density at radius 1 is 1.08 bits per heavy atom. The molecule has 25 heavy (non-hydrogen) atoms. The van der Waals surface area contributed by atoms with Crippen molar-refractivity contribution >= 4 is 11.6 Å². The number of nitrogens with one attached hydrogen (secondary N) is 1. The van der Waals surface area contributed by atoms with Crippen LogP contribution < -0.4 is 10.1 Å². The van der Waals surface area contributed by atoms with E-state index >= 15 is 0 Å². The zero-order valence-electron chi connectivity index (χ0n) is 14.7. The fraction of sp³-hybridized carbons (Fsp3) is 0.211. The van der Waals surface area contributed by atoms with Gasteiger partial charge in [-0.05, 0) is 62.2 Å². The molecule has 0 saturated carbocycles. The van der Waals surface area contributed by atoms with Gasteiger partial charge in [0.25, 0.3) is 5.91 Å². The van der Waals surface area contributed by atoms with Crippen LogP contribution in [0.15, 0.2) is 42.5 Å². The second kappa shape index (κ2) is 6.76. The molecule has 0 saturated heterocycles. The molecule has 0 aliphatic carbocycles. The van der Waals surface area contributed by atoms with Gasteiger partial charge in [0.2, 0.25) is 0 Å². The number of carbonyl (C=O) groups is 1. The molecule has 0 atom stereocenters. The van der Waals surface area contributed by atoms with Gasteiger partial charge in [-0.2, -0.15) is 0 Å². The molecule has 0 fully saturated rings. The molecule has 3 rings (SSSR count). The number of ether oxygens (including phenoxy) is 1. The molecular formula is C19H20N4O2. The van der Waals surface area contributed by atoms with Gasteiger partial charge in [-0.3, -0.25) is 4.79 Å². The highest BCUT2D eigenvalue weighted by molar-refractivity contribution is 6.04. The molecule has 6 heteroatoms. The summed E-state index contributed by atoms with van der Waals surface area (Å²) in [6.45, 7) is 5.76. The molecule has 128 valence electrons. The Balaban J connectivity index is 1.87. The summed E-state index contributed by atoms with van der Waals surface area (Å²) in [5.74, 6) is 0.486. The summed E-state index contributed by atoms with van der Waals surface area (Å²) in [6, 6.07) is 13.3. The van der Waals surface area contributed by atoms with E-state index in [0.717, 1.165) is 28.3 Å². The van der Waals surface area contributed by atoms with Gasteiger partial charge in [0, 0.05) is 5.69 Å². The van der Waals surface area contributed by atoms with Gasteiger partial charge >= 0.3 is 0 Å². The molecule has 1 aromatic heterocycles. The van der Waals surface area contributed by atoms with Crippen molar-refractivity contribution in [3.05, 3.63) is 65.0 Å². The number of hydrogen-bond donors (Lipinski definition) is 1. The van der Waals surface area contributed by atoms with Crippen molar-refractivity contribution in [2.24, 2.45) is 0 Å². The number of rotatable bonds is 4. The first kappa shape index (κ1) is 16.7. The number of benzene rings is 2. The van der Waals surface area contributed by atoms with Crippen molar-refractivity contribution in [1.29, 1.82) is 0 Å². The number of aromatic nitrogens is 3. The van der Waals surface area contributed by atoms with Crippen LogP contribution in [-0.2, 0) is 0 Å². The summed E-state index contributed by atoms with van der Waals surface area (Å²) in [5, 5.41) is 11.1. The highest BCUT2D eigenvalue weighted by Gasteiger charge is 2.18. The monoisotopic (exact) mass is 336 g/mol. The first-order valence-electron chi connectivity index (χ1n) is 7.95. The van der Waals surface area contributed by atoms with E-state index < -0.39 is 0 Å². The van der Waals surface area contributed by atoms with E-state index in [9.17, 15) is 4.79 Å². The molecule has 0 bridgehead atoms. The minimum Gasteiger partial charge on any atom is -0.497 e. The fourth-order valence-corrected chi connectivity index (χ4v) is 2.56. The highest BCUT2D eigenvalue weighted by Crippen LogP contribution is 2.19. The Morgan fingerprint density at radius 2 is 1.80 bits per heavy atom. The third kappa shape index (κ3) is 3.38. The number of aryl methyl sites for hydroxylation is 2. The summed E-state index contributed by atoms with van der Waals surface area (Å²) in [7, 11) is 1.62. The van der Waals surface area contributed by atoms with Crippen molar-refractivity contribution < 1.29 is 9.53 Å². The second-order valence-electron chi connectivity index (χ2n) is 5.91. The van der Waals surface area contributed by atoms with E-state index in [-0.39, 0.29) is 5.91 Å². The molecular weight excluding hydrogens is 316 g/mol. The fourth-order valence-electron chi connectivity index (χ4n) is 2.56. The summed E-state index contributed by atoms with van der Waals surface area (Å²) in [6.07, 6.45) is 0. The molecule has 6 nitrogen and oxygen atoms in total. The van der Waals surface area contributed by atoms with E-state index in [2.05, 4.69) is 15.6 Å². The molecule has 3 aromatic rings. The van der Waals surface area contributed by atoms with Gasteiger partial charge in [-0.1, -0.05) is 17.3 Å². The Morgan fingerprint density at radius 3 is 2.48 bits per heavy atom. The smallest absolute Gasteiger partial charge is 0.278 e. The third-order valence-corrected chi connectivity index (χ3v) is 4.07. The maximum absolute atomic E-state index is 12.6. The summed E-state index contributed by atoms with van der Waals surface area (Å²) in [4.78, 5) is 12.6. The average molecular weight is 336 g/mol. The van der Waals surface area contributed by atoms with Gasteiger partial charge in [0.05, 0.1) is 18.5 Å². The van der Waals surface area contributed by atoms with Crippen LogP contribution in [0.4, 0.5) is 5.69 Å². The maximum atomic E-state index is 12.6. The van der Waals surface area contributed by atoms with Gasteiger partial charge in [-0.15, -0.1) is 5.10 Å². The van der Waals surface area contributed by atoms with Gasteiger partial charge < -0.3 is 10.1 Å². The van der Waals surface area contributed by atoms with Crippen molar-refractivity contribution in [3.63, 3.8) is 0 Å². The number of amides is 1.